The lowest BCUT2D eigenvalue weighted by Crippen LogP contribution is -2.45. The molecule has 1 N–H and O–H groups in total. The van der Waals surface area contributed by atoms with Gasteiger partial charge in [-0.05, 0) is 12.3 Å². The van der Waals surface area contributed by atoms with Crippen LogP contribution in [0.15, 0.2) is 0 Å². The molecular formula is C9H18FNO. The number of hydrogen-bond donors (Lipinski definition) is 1. The van der Waals surface area contributed by atoms with Gasteiger partial charge in [-0.25, -0.2) is 4.39 Å². The van der Waals surface area contributed by atoms with Gasteiger partial charge in [-0.1, -0.05) is 13.8 Å². The number of aliphatic hydroxyl groups is 1. The van der Waals surface area contributed by atoms with Crippen LogP contribution in [0.25, 0.3) is 0 Å². The molecule has 0 aromatic rings. The monoisotopic (exact) mass is 175 g/mol. The van der Waals surface area contributed by atoms with E-state index in [1.165, 1.54) is 0 Å². The predicted octanol–water partition coefficient (Wildman–Crippen LogP) is 1.05. The lowest BCUT2D eigenvalue weighted by atomic mass is 10.0. The van der Waals surface area contributed by atoms with E-state index >= 15 is 0 Å². The summed E-state index contributed by atoms with van der Waals surface area (Å²) in [4.78, 5) is 2.09. The van der Waals surface area contributed by atoms with Crippen LogP contribution in [0.5, 0.6) is 0 Å². The summed E-state index contributed by atoms with van der Waals surface area (Å²) in [5, 5.41) is 9.13. The molecule has 0 amide bonds. The van der Waals surface area contributed by atoms with Crippen molar-refractivity contribution in [2.75, 3.05) is 19.6 Å². The number of halogens is 1. The second kappa shape index (κ2) is 4.19. The summed E-state index contributed by atoms with van der Waals surface area (Å²) in [7, 11) is 0. The molecule has 0 spiro atoms. The van der Waals surface area contributed by atoms with Gasteiger partial charge in [0.15, 0.2) is 0 Å². The minimum Gasteiger partial charge on any atom is -0.390 e. The Kier molecular flexibility index (Phi) is 3.47. The van der Waals surface area contributed by atoms with Crippen molar-refractivity contribution >= 4 is 0 Å². The molecule has 1 aliphatic rings. The molecule has 72 valence electrons. The predicted molar refractivity (Wildman–Crippen MR) is 46.8 cm³/mol. The van der Waals surface area contributed by atoms with Crippen molar-refractivity contribution in [2.24, 2.45) is 5.92 Å². The maximum absolute atomic E-state index is 13.0. The first-order valence-electron chi connectivity index (χ1n) is 4.64. The third-order valence-electron chi connectivity index (χ3n) is 2.21. The van der Waals surface area contributed by atoms with Gasteiger partial charge in [-0.15, -0.1) is 0 Å². The van der Waals surface area contributed by atoms with Crippen LogP contribution in [0.3, 0.4) is 0 Å². The number of alkyl halides is 1. The molecular weight excluding hydrogens is 157 g/mol. The van der Waals surface area contributed by atoms with Crippen molar-refractivity contribution < 1.29 is 9.50 Å². The molecule has 1 heterocycles. The quantitative estimate of drug-likeness (QED) is 0.678. The van der Waals surface area contributed by atoms with E-state index in [4.69, 9.17) is 5.11 Å². The number of rotatable bonds is 2. The van der Waals surface area contributed by atoms with E-state index in [9.17, 15) is 4.39 Å². The minimum atomic E-state index is -1.04. The molecule has 0 aromatic heterocycles. The van der Waals surface area contributed by atoms with Gasteiger partial charge in [0.25, 0.3) is 0 Å². The smallest absolute Gasteiger partial charge is 0.138 e. The molecule has 1 rings (SSSR count). The Hall–Kier alpha value is -0.150. The lowest BCUT2D eigenvalue weighted by Gasteiger charge is -2.33. The molecule has 0 aliphatic carbocycles. The van der Waals surface area contributed by atoms with Crippen LogP contribution >= 0.6 is 0 Å². The summed E-state index contributed by atoms with van der Waals surface area (Å²) >= 11 is 0. The first kappa shape index (κ1) is 9.93. The molecule has 0 radical (unpaired) electrons. The standard InChI is InChI=1S/C9H18FNO/c1-7(2)5-11-4-3-9(12)8(10)6-11/h7-9,12H,3-6H2,1-2H3/t8-,9+/m0/s1. The first-order chi connectivity index (χ1) is 5.59. The molecule has 1 fully saturated rings. The summed E-state index contributed by atoms with van der Waals surface area (Å²) in [5.41, 5.74) is 0. The van der Waals surface area contributed by atoms with Gasteiger partial charge in [0.05, 0.1) is 6.10 Å². The summed E-state index contributed by atoms with van der Waals surface area (Å²) in [6.07, 6.45) is -1.20. The molecule has 0 aromatic carbocycles. The second-order valence-electron chi connectivity index (χ2n) is 4.03. The molecule has 0 saturated carbocycles. The average molecular weight is 175 g/mol. The van der Waals surface area contributed by atoms with Gasteiger partial charge < -0.3 is 5.11 Å². The van der Waals surface area contributed by atoms with Crippen LogP contribution in [0.4, 0.5) is 4.39 Å². The van der Waals surface area contributed by atoms with Crippen LogP contribution in [-0.4, -0.2) is 41.9 Å². The maximum atomic E-state index is 13.0. The highest BCUT2D eigenvalue weighted by atomic mass is 19.1. The Morgan fingerprint density at radius 3 is 2.75 bits per heavy atom. The lowest BCUT2D eigenvalue weighted by molar-refractivity contribution is 0.00331. The summed E-state index contributed by atoms with van der Waals surface area (Å²) in [5.74, 6) is 0.576. The zero-order valence-corrected chi connectivity index (χ0v) is 7.83. The normalized spacial score (nSPS) is 32.8. The number of piperidine rings is 1. The fraction of sp³-hybridized carbons (Fsp3) is 1.00. The van der Waals surface area contributed by atoms with Gasteiger partial charge in [-0.3, -0.25) is 4.90 Å². The molecule has 12 heavy (non-hydrogen) atoms. The largest absolute Gasteiger partial charge is 0.390 e. The van der Waals surface area contributed by atoms with Crippen LogP contribution in [0, 0.1) is 5.92 Å². The maximum Gasteiger partial charge on any atom is 0.138 e. The molecule has 2 nitrogen and oxygen atoms in total. The van der Waals surface area contributed by atoms with Crippen LogP contribution in [0.2, 0.25) is 0 Å². The van der Waals surface area contributed by atoms with E-state index in [0.29, 0.717) is 18.9 Å². The average Bonchev–Trinajstić information content (AvgIpc) is 1.96. The van der Waals surface area contributed by atoms with Gasteiger partial charge in [0, 0.05) is 19.6 Å². The van der Waals surface area contributed by atoms with Crippen LogP contribution in [0.1, 0.15) is 20.3 Å². The summed E-state index contributed by atoms with van der Waals surface area (Å²) in [6, 6.07) is 0. The van der Waals surface area contributed by atoms with Crippen molar-refractivity contribution in [3.63, 3.8) is 0 Å². The number of hydrogen-bond acceptors (Lipinski definition) is 2. The van der Waals surface area contributed by atoms with Gasteiger partial charge >= 0.3 is 0 Å². The van der Waals surface area contributed by atoms with E-state index in [1.807, 2.05) is 0 Å². The number of likely N-dealkylation sites (tertiary alicyclic amines) is 1. The summed E-state index contributed by atoms with van der Waals surface area (Å²) in [6.45, 7) is 6.42. The molecule has 3 heteroatoms. The fourth-order valence-electron chi connectivity index (χ4n) is 1.64. The molecule has 0 unspecified atom stereocenters. The van der Waals surface area contributed by atoms with Crippen molar-refractivity contribution in [3.8, 4) is 0 Å². The van der Waals surface area contributed by atoms with Crippen molar-refractivity contribution in [1.29, 1.82) is 0 Å². The summed E-state index contributed by atoms with van der Waals surface area (Å²) < 4.78 is 13.0. The highest BCUT2D eigenvalue weighted by molar-refractivity contribution is 4.79. The molecule has 1 saturated heterocycles. The SMILES string of the molecule is CC(C)CN1CC[C@@H](O)[C@@H](F)C1. The first-order valence-corrected chi connectivity index (χ1v) is 4.64. The Balaban J connectivity index is 2.30. The van der Waals surface area contributed by atoms with Crippen LogP contribution in [-0.2, 0) is 0 Å². The van der Waals surface area contributed by atoms with E-state index in [-0.39, 0.29) is 0 Å². The Labute approximate surface area is 73.4 Å². The van der Waals surface area contributed by atoms with Crippen LogP contribution < -0.4 is 0 Å². The van der Waals surface area contributed by atoms with Gasteiger partial charge in [-0.2, -0.15) is 0 Å². The Bertz CT molecular complexity index is 140. The highest BCUT2D eigenvalue weighted by Gasteiger charge is 2.27. The minimum absolute atomic E-state index is 0.402. The van der Waals surface area contributed by atoms with Crippen molar-refractivity contribution in [2.45, 2.75) is 32.5 Å². The Morgan fingerprint density at radius 2 is 2.25 bits per heavy atom. The third-order valence-corrected chi connectivity index (χ3v) is 2.21. The Morgan fingerprint density at radius 1 is 1.58 bits per heavy atom. The number of nitrogens with zero attached hydrogens (tertiary/aromatic N) is 1. The van der Waals surface area contributed by atoms with Crippen molar-refractivity contribution in [3.05, 3.63) is 0 Å². The zero-order chi connectivity index (χ0) is 9.14. The van der Waals surface area contributed by atoms with E-state index in [2.05, 4.69) is 18.7 Å². The van der Waals surface area contributed by atoms with E-state index in [1.54, 1.807) is 0 Å². The highest BCUT2D eigenvalue weighted by Crippen LogP contribution is 2.14. The van der Waals surface area contributed by atoms with Gasteiger partial charge in [0.1, 0.15) is 6.17 Å². The topological polar surface area (TPSA) is 23.5 Å². The second-order valence-corrected chi connectivity index (χ2v) is 4.03. The van der Waals surface area contributed by atoms with Crippen molar-refractivity contribution in [1.82, 2.24) is 4.90 Å². The van der Waals surface area contributed by atoms with E-state index in [0.717, 1.165) is 13.1 Å². The molecule has 0 bridgehead atoms. The number of aliphatic hydroxyl groups excluding tert-OH is 1. The zero-order valence-electron chi connectivity index (χ0n) is 7.83. The van der Waals surface area contributed by atoms with Gasteiger partial charge in [0.2, 0.25) is 0 Å². The third kappa shape index (κ3) is 2.72. The molecule has 1 aliphatic heterocycles. The fourth-order valence-corrected chi connectivity index (χ4v) is 1.64. The van der Waals surface area contributed by atoms with E-state index < -0.39 is 12.3 Å². The molecule has 2 atom stereocenters.